The molecule has 202 valence electrons. The normalized spacial score (nSPS) is 18.9. The van der Waals surface area contributed by atoms with E-state index in [1.165, 1.54) is 10.5 Å². The lowest BCUT2D eigenvalue weighted by Gasteiger charge is -2.31. The Kier molecular flexibility index (Phi) is 12.6. The van der Waals surface area contributed by atoms with Crippen LogP contribution < -0.4 is 5.09 Å². The minimum absolute atomic E-state index is 0.164. The lowest BCUT2D eigenvalue weighted by Crippen LogP contribution is -2.46. The first-order valence-corrected chi connectivity index (χ1v) is 14.7. The number of carbonyl (C=O) groups is 3. The zero-order valence-electron chi connectivity index (χ0n) is 21.7. The van der Waals surface area contributed by atoms with E-state index in [1.54, 1.807) is 0 Å². The summed E-state index contributed by atoms with van der Waals surface area (Å²) in [6, 6.07) is 9.16. The fraction of sp³-hybridized carbons (Fsp3) is 0.654. The van der Waals surface area contributed by atoms with Gasteiger partial charge in [-0.25, -0.2) is 5.09 Å². The van der Waals surface area contributed by atoms with Gasteiger partial charge in [-0.15, -0.1) is 0 Å². The van der Waals surface area contributed by atoms with Gasteiger partial charge in [0.25, 0.3) is 7.52 Å². The Morgan fingerprint density at radius 2 is 1.92 bits per heavy atom. The van der Waals surface area contributed by atoms with E-state index < -0.39 is 44.2 Å². The van der Waals surface area contributed by atoms with E-state index in [2.05, 4.69) is 5.09 Å². The third-order valence-corrected chi connectivity index (χ3v) is 8.15. The van der Waals surface area contributed by atoms with Crippen molar-refractivity contribution in [1.82, 2.24) is 9.99 Å². The van der Waals surface area contributed by atoms with Crippen LogP contribution in [-0.4, -0.2) is 59.4 Å². The van der Waals surface area contributed by atoms with E-state index in [4.69, 9.17) is 9.26 Å². The maximum absolute atomic E-state index is 14.1. The van der Waals surface area contributed by atoms with Crippen molar-refractivity contribution >= 4 is 25.4 Å². The second-order valence-electron chi connectivity index (χ2n) is 9.63. The van der Waals surface area contributed by atoms with Crippen LogP contribution in [0, 0.1) is 5.92 Å². The van der Waals surface area contributed by atoms with Crippen LogP contribution in [0.3, 0.4) is 0 Å². The maximum Gasteiger partial charge on any atom is 0.323 e. The number of unbranched alkanes of at least 4 members (excludes halogenated alkanes) is 1. The van der Waals surface area contributed by atoms with Gasteiger partial charge in [-0.05, 0) is 50.5 Å². The van der Waals surface area contributed by atoms with Gasteiger partial charge in [0.05, 0.1) is 6.04 Å². The van der Waals surface area contributed by atoms with Gasteiger partial charge in [0.15, 0.2) is 0 Å². The second-order valence-corrected chi connectivity index (χ2v) is 11.9. The van der Waals surface area contributed by atoms with Crippen LogP contribution in [0.2, 0.25) is 0 Å². The number of likely N-dealkylation sites (tertiary alicyclic amines) is 1. The summed E-state index contributed by atoms with van der Waals surface area (Å²) >= 11 is 0. The van der Waals surface area contributed by atoms with Gasteiger partial charge in [-0.3, -0.25) is 23.5 Å². The summed E-state index contributed by atoms with van der Waals surface area (Å²) in [6.45, 7) is 5.44. The molecule has 1 fully saturated rings. The van der Waals surface area contributed by atoms with E-state index in [0.29, 0.717) is 38.6 Å². The zero-order chi connectivity index (χ0) is 26.6. The highest BCUT2D eigenvalue weighted by molar-refractivity contribution is 7.56. The number of benzene rings is 1. The van der Waals surface area contributed by atoms with Crippen molar-refractivity contribution in [3.8, 4) is 0 Å². The van der Waals surface area contributed by atoms with Crippen molar-refractivity contribution in [2.75, 3.05) is 19.3 Å². The number of hydrogen-bond donors (Lipinski definition) is 2. The summed E-state index contributed by atoms with van der Waals surface area (Å²) in [4.78, 5) is 37.8. The number of carboxylic acids is 1. The molecule has 9 nitrogen and oxygen atoms in total. The lowest BCUT2D eigenvalue weighted by molar-refractivity contribution is -0.169. The molecule has 3 atom stereocenters. The van der Waals surface area contributed by atoms with E-state index in [-0.39, 0.29) is 18.5 Å². The first-order chi connectivity index (χ1) is 17.1. The number of rotatable bonds is 15. The minimum atomic E-state index is -3.63. The highest BCUT2D eigenvalue weighted by Gasteiger charge is 2.37. The molecule has 1 heterocycles. The summed E-state index contributed by atoms with van der Waals surface area (Å²) in [5, 5.41) is 12.2. The molecule has 0 aromatic heterocycles. The van der Waals surface area contributed by atoms with E-state index in [9.17, 15) is 24.1 Å². The second kappa shape index (κ2) is 15.1. The highest BCUT2D eigenvalue weighted by Crippen LogP contribution is 2.47. The summed E-state index contributed by atoms with van der Waals surface area (Å²) in [7, 11) is -3.63. The monoisotopic (exact) mass is 524 g/mol. The van der Waals surface area contributed by atoms with E-state index >= 15 is 0 Å². The summed E-state index contributed by atoms with van der Waals surface area (Å²) in [6.07, 6.45) is 3.93. The molecule has 1 saturated heterocycles. The number of carbonyl (C=O) groups excluding carboxylic acids is 2. The van der Waals surface area contributed by atoms with Crippen LogP contribution in [0.1, 0.15) is 71.3 Å². The molecule has 0 radical (unpaired) electrons. The molecule has 0 bridgehead atoms. The average molecular weight is 525 g/mol. The molecule has 1 aliphatic heterocycles. The largest absolute Gasteiger partial charge is 0.480 e. The number of aryl methyl sites for hydroxylation is 1. The van der Waals surface area contributed by atoms with Gasteiger partial charge in [0.1, 0.15) is 6.54 Å². The molecule has 1 aliphatic rings. The molecular weight excluding hydrogens is 483 g/mol. The van der Waals surface area contributed by atoms with Gasteiger partial charge in [-0.2, -0.15) is 0 Å². The van der Waals surface area contributed by atoms with Gasteiger partial charge in [0.2, 0.25) is 12.2 Å². The number of amides is 1. The van der Waals surface area contributed by atoms with Crippen molar-refractivity contribution in [2.24, 2.45) is 5.92 Å². The van der Waals surface area contributed by atoms with Gasteiger partial charge >= 0.3 is 11.9 Å². The van der Waals surface area contributed by atoms with Crippen LogP contribution in [0.4, 0.5) is 0 Å². The molecule has 2 rings (SSSR count). The van der Waals surface area contributed by atoms with Crippen LogP contribution in [0.15, 0.2) is 30.3 Å². The van der Waals surface area contributed by atoms with Crippen molar-refractivity contribution < 1.29 is 33.3 Å². The highest BCUT2D eigenvalue weighted by atomic mass is 31.2. The van der Waals surface area contributed by atoms with Crippen LogP contribution in [0.25, 0.3) is 0 Å². The summed E-state index contributed by atoms with van der Waals surface area (Å²) in [5.74, 6) is -2.16. The summed E-state index contributed by atoms with van der Waals surface area (Å²) in [5.41, 5.74) is 1.18. The van der Waals surface area contributed by atoms with E-state index in [0.717, 1.165) is 12.8 Å². The topological polar surface area (TPSA) is 122 Å². The molecule has 2 unspecified atom stereocenters. The van der Waals surface area contributed by atoms with Crippen molar-refractivity contribution in [3.63, 3.8) is 0 Å². The molecule has 1 amide bonds. The van der Waals surface area contributed by atoms with Crippen molar-refractivity contribution in [2.45, 2.75) is 84.5 Å². The maximum atomic E-state index is 14.1. The van der Waals surface area contributed by atoms with Crippen LogP contribution >= 0.6 is 7.52 Å². The molecule has 1 aromatic rings. The number of carboxylic acid groups (broad SMARTS) is 1. The molecule has 1 aromatic carbocycles. The standard InChI is InChI=1S/C26H41N2O7P/c1-4-12-24(31)34-26(20(2)3)35-36(33,18-11-9-15-21-13-6-5-7-14-21)27-22-16-8-10-17-28(25(22)32)19-23(29)30/h5-7,13-14,20,22,26H,4,8-12,15-19H2,1-3H3,(H,27,33)(H,29,30)/t22?,26-,36?/m0/s1. The Morgan fingerprint density at radius 1 is 1.19 bits per heavy atom. The Balaban J connectivity index is 2.17. The number of nitrogens with one attached hydrogen (secondary N) is 1. The van der Waals surface area contributed by atoms with Gasteiger partial charge in [-0.1, -0.05) is 51.1 Å². The average Bonchev–Trinajstić information content (AvgIpc) is 2.98. The molecule has 0 spiro atoms. The Labute approximate surface area is 214 Å². The minimum Gasteiger partial charge on any atom is -0.480 e. The van der Waals surface area contributed by atoms with Gasteiger partial charge < -0.3 is 14.7 Å². The van der Waals surface area contributed by atoms with E-state index in [1.807, 2.05) is 51.1 Å². The van der Waals surface area contributed by atoms with Crippen LogP contribution in [0.5, 0.6) is 0 Å². The van der Waals surface area contributed by atoms with Crippen molar-refractivity contribution in [3.05, 3.63) is 35.9 Å². The SMILES string of the molecule is CCCC(=O)O[C@@H](OP(=O)(CCCCc1ccccc1)NC1CCCCN(CC(=O)O)C1=O)C(C)C. The molecule has 0 saturated carbocycles. The zero-order valence-corrected chi connectivity index (χ0v) is 22.6. The fourth-order valence-electron chi connectivity index (χ4n) is 4.06. The first kappa shape index (κ1) is 30.0. The first-order valence-electron chi connectivity index (χ1n) is 12.9. The molecule has 0 aliphatic carbocycles. The molecule has 2 N–H and O–H groups in total. The quantitative estimate of drug-likeness (QED) is 0.148. The third-order valence-electron chi connectivity index (χ3n) is 5.99. The Bertz CT molecular complexity index is 894. The van der Waals surface area contributed by atoms with Gasteiger partial charge in [0, 0.05) is 25.0 Å². The number of aliphatic carboxylic acids is 1. The smallest absolute Gasteiger partial charge is 0.323 e. The predicted octanol–water partition coefficient (Wildman–Crippen LogP) is 4.60. The fourth-order valence-corrected chi connectivity index (χ4v) is 6.34. The molecular formula is C26H41N2O7P. The lowest BCUT2D eigenvalue weighted by atomic mass is 10.1. The Hall–Kier alpha value is -2.22. The number of esters is 1. The Morgan fingerprint density at radius 3 is 2.56 bits per heavy atom. The molecule has 36 heavy (non-hydrogen) atoms. The number of ether oxygens (including phenoxy) is 1. The molecule has 10 heteroatoms. The summed E-state index contributed by atoms with van der Waals surface area (Å²) < 4.78 is 25.6. The third kappa shape index (κ3) is 10.4. The van der Waals surface area contributed by atoms with Crippen molar-refractivity contribution in [1.29, 1.82) is 0 Å². The van der Waals surface area contributed by atoms with Crippen LogP contribution in [-0.2, 0) is 34.6 Å². The number of nitrogens with zero attached hydrogens (tertiary/aromatic N) is 1. The number of hydrogen-bond acceptors (Lipinski definition) is 6. The predicted molar refractivity (Wildman–Crippen MR) is 138 cm³/mol.